The van der Waals surface area contributed by atoms with Crippen LogP contribution in [0, 0.1) is 19.8 Å². The molecule has 6 heteroatoms. The quantitative estimate of drug-likeness (QED) is 0.479. The summed E-state index contributed by atoms with van der Waals surface area (Å²) in [6.07, 6.45) is 0. The summed E-state index contributed by atoms with van der Waals surface area (Å²) in [6, 6.07) is 0.365. The topological polar surface area (TPSA) is 62.5 Å². The number of guanidine groups is 1. The molecule has 0 bridgehead atoms. The molecule has 0 aromatic carbocycles. The molecule has 1 rings (SSSR count). The van der Waals surface area contributed by atoms with E-state index in [0.29, 0.717) is 24.4 Å². The van der Waals surface area contributed by atoms with E-state index in [1.54, 1.807) is 7.05 Å². The van der Waals surface area contributed by atoms with E-state index in [1.165, 1.54) is 0 Å². The lowest BCUT2D eigenvalue weighted by Crippen LogP contribution is -2.43. The van der Waals surface area contributed by atoms with E-state index in [-0.39, 0.29) is 24.0 Å². The Hall–Kier alpha value is -0.790. The molecular formula is C13H25IN4O. The van der Waals surface area contributed by atoms with Gasteiger partial charge in [-0.25, -0.2) is 4.98 Å². The average molecular weight is 380 g/mol. The number of nitrogens with zero attached hydrogens (tertiary/aromatic N) is 2. The van der Waals surface area contributed by atoms with Gasteiger partial charge >= 0.3 is 0 Å². The van der Waals surface area contributed by atoms with Gasteiger partial charge in [-0.15, -0.1) is 24.0 Å². The van der Waals surface area contributed by atoms with Crippen molar-refractivity contribution in [3.63, 3.8) is 0 Å². The highest BCUT2D eigenvalue weighted by atomic mass is 127. The normalized spacial score (nSPS) is 13.1. The van der Waals surface area contributed by atoms with Gasteiger partial charge < -0.3 is 15.1 Å². The second-order valence-corrected chi connectivity index (χ2v) is 4.85. The molecule has 0 aliphatic carbocycles. The molecule has 19 heavy (non-hydrogen) atoms. The number of aryl methyl sites for hydroxylation is 2. The van der Waals surface area contributed by atoms with Gasteiger partial charge in [-0.2, -0.15) is 0 Å². The van der Waals surface area contributed by atoms with Crippen LogP contribution in [0.2, 0.25) is 0 Å². The summed E-state index contributed by atoms with van der Waals surface area (Å²) in [6.45, 7) is 10.9. The van der Waals surface area contributed by atoms with Crippen LogP contribution in [0.5, 0.6) is 0 Å². The zero-order chi connectivity index (χ0) is 13.7. The van der Waals surface area contributed by atoms with Crippen molar-refractivity contribution in [3.8, 4) is 0 Å². The molecule has 5 nitrogen and oxygen atoms in total. The summed E-state index contributed by atoms with van der Waals surface area (Å²) >= 11 is 0. The summed E-state index contributed by atoms with van der Waals surface area (Å²) in [5, 5.41) is 6.52. The molecule has 110 valence electrons. The zero-order valence-corrected chi connectivity index (χ0v) is 14.9. The smallest absolute Gasteiger partial charge is 0.214 e. The van der Waals surface area contributed by atoms with Crippen LogP contribution in [-0.2, 0) is 6.54 Å². The fourth-order valence-electron chi connectivity index (χ4n) is 1.35. The minimum absolute atomic E-state index is 0. The number of halogens is 1. The lowest BCUT2D eigenvalue weighted by Gasteiger charge is -2.20. The SMILES string of the molecule is CN=C(NCc1nc(C)c(C)o1)NC(C)C(C)C.I. The molecule has 1 aromatic rings. The zero-order valence-electron chi connectivity index (χ0n) is 12.6. The monoisotopic (exact) mass is 380 g/mol. The summed E-state index contributed by atoms with van der Waals surface area (Å²) in [7, 11) is 1.76. The van der Waals surface area contributed by atoms with Crippen molar-refractivity contribution in [3.05, 3.63) is 17.3 Å². The Kier molecular flexibility index (Phi) is 8.05. The number of aliphatic imine (C=N–C) groups is 1. The molecule has 1 unspecified atom stereocenters. The summed E-state index contributed by atoms with van der Waals surface area (Å²) in [5.41, 5.74) is 0.935. The third-order valence-electron chi connectivity index (χ3n) is 3.07. The number of rotatable bonds is 4. The van der Waals surface area contributed by atoms with Crippen LogP contribution in [0.3, 0.4) is 0 Å². The third kappa shape index (κ3) is 5.80. The Morgan fingerprint density at radius 1 is 1.32 bits per heavy atom. The number of aromatic nitrogens is 1. The van der Waals surface area contributed by atoms with Crippen LogP contribution in [0.4, 0.5) is 0 Å². The molecule has 0 saturated carbocycles. The van der Waals surface area contributed by atoms with Crippen molar-refractivity contribution >= 4 is 29.9 Å². The van der Waals surface area contributed by atoms with E-state index in [0.717, 1.165) is 17.4 Å². The number of nitrogens with one attached hydrogen (secondary N) is 2. The predicted molar refractivity (Wildman–Crippen MR) is 89.0 cm³/mol. The van der Waals surface area contributed by atoms with Gasteiger partial charge in [-0.1, -0.05) is 13.8 Å². The van der Waals surface area contributed by atoms with Gasteiger partial charge in [-0.3, -0.25) is 4.99 Å². The van der Waals surface area contributed by atoms with Crippen LogP contribution in [0.15, 0.2) is 9.41 Å². The molecule has 0 spiro atoms. The molecule has 1 heterocycles. The molecule has 1 atom stereocenters. The van der Waals surface area contributed by atoms with Crippen molar-refractivity contribution in [1.29, 1.82) is 0 Å². The predicted octanol–water partition coefficient (Wildman–Crippen LogP) is 2.62. The van der Waals surface area contributed by atoms with Crippen LogP contribution in [0.25, 0.3) is 0 Å². The van der Waals surface area contributed by atoms with Crippen molar-refractivity contribution in [2.24, 2.45) is 10.9 Å². The highest BCUT2D eigenvalue weighted by Crippen LogP contribution is 2.07. The second-order valence-electron chi connectivity index (χ2n) is 4.85. The van der Waals surface area contributed by atoms with Gasteiger partial charge in [-0.05, 0) is 26.7 Å². The molecule has 1 aromatic heterocycles. The van der Waals surface area contributed by atoms with E-state index in [2.05, 4.69) is 41.4 Å². The van der Waals surface area contributed by atoms with Crippen molar-refractivity contribution < 1.29 is 4.42 Å². The van der Waals surface area contributed by atoms with Gasteiger partial charge in [0, 0.05) is 13.1 Å². The molecule has 0 saturated heterocycles. The maximum Gasteiger partial charge on any atom is 0.214 e. The molecule has 0 aliphatic heterocycles. The maximum absolute atomic E-state index is 5.51. The van der Waals surface area contributed by atoms with E-state index >= 15 is 0 Å². The van der Waals surface area contributed by atoms with Gasteiger partial charge in [0.2, 0.25) is 5.89 Å². The number of oxazole rings is 1. The third-order valence-corrected chi connectivity index (χ3v) is 3.07. The van der Waals surface area contributed by atoms with Crippen LogP contribution >= 0.6 is 24.0 Å². The Bertz CT molecular complexity index is 395. The number of hydrogen-bond donors (Lipinski definition) is 2. The Morgan fingerprint density at radius 3 is 2.37 bits per heavy atom. The van der Waals surface area contributed by atoms with Crippen LogP contribution in [-0.4, -0.2) is 24.0 Å². The summed E-state index contributed by atoms with van der Waals surface area (Å²) in [4.78, 5) is 8.50. The van der Waals surface area contributed by atoms with E-state index in [4.69, 9.17) is 4.42 Å². The van der Waals surface area contributed by atoms with Gasteiger partial charge in [0.15, 0.2) is 5.96 Å². The molecule has 0 radical (unpaired) electrons. The number of hydrogen-bond acceptors (Lipinski definition) is 3. The fraction of sp³-hybridized carbons (Fsp3) is 0.692. The highest BCUT2D eigenvalue weighted by molar-refractivity contribution is 14.0. The lowest BCUT2D eigenvalue weighted by molar-refractivity contribution is 0.455. The Labute approximate surface area is 132 Å². The average Bonchev–Trinajstić information content (AvgIpc) is 2.63. The molecule has 0 aliphatic rings. The Balaban J connectivity index is 0.00000324. The highest BCUT2D eigenvalue weighted by Gasteiger charge is 2.10. The first kappa shape index (κ1) is 18.2. The lowest BCUT2D eigenvalue weighted by atomic mass is 10.1. The first-order valence-corrected chi connectivity index (χ1v) is 6.34. The molecule has 2 N–H and O–H groups in total. The van der Waals surface area contributed by atoms with Crippen LogP contribution < -0.4 is 10.6 Å². The van der Waals surface area contributed by atoms with Crippen LogP contribution in [0.1, 0.15) is 38.1 Å². The first-order valence-electron chi connectivity index (χ1n) is 6.34. The second kappa shape index (κ2) is 8.39. The molecule has 0 amide bonds. The Morgan fingerprint density at radius 2 is 1.95 bits per heavy atom. The summed E-state index contributed by atoms with van der Waals surface area (Å²) < 4.78 is 5.51. The standard InChI is InChI=1S/C13H24N4O.HI/c1-8(2)9(3)17-13(14-6)15-7-12-16-10(4)11(5)18-12;/h8-9H,7H2,1-6H3,(H2,14,15,17);1H. The molecule has 0 fully saturated rings. The first-order chi connectivity index (χ1) is 8.43. The van der Waals surface area contributed by atoms with Crippen molar-refractivity contribution in [2.45, 2.75) is 47.2 Å². The minimum Gasteiger partial charge on any atom is -0.444 e. The van der Waals surface area contributed by atoms with Gasteiger partial charge in [0.25, 0.3) is 0 Å². The maximum atomic E-state index is 5.51. The van der Waals surface area contributed by atoms with E-state index in [1.807, 2.05) is 13.8 Å². The fourth-order valence-corrected chi connectivity index (χ4v) is 1.35. The molecular weight excluding hydrogens is 355 g/mol. The van der Waals surface area contributed by atoms with E-state index < -0.39 is 0 Å². The van der Waals surface area contributed by atoms with Crippen molar-refractivity contribution in [2.75, 3.05) is 7.05 Å². The van der Waals surface area contributed by atoms with Crippen molar-refractivity contribution in [1.82, 2.24) is 15.6 Å². The largest absolute Gasteiger partial charge is 0.444 e. The minimum atomic E-state index is 0. The van der Waals surface area contributed by atoms with Gasteiger partial charge in [0.1, 0.15) is 5.76 Å². The summed E-state index contributed by atoms with van der Waals surface area (Å²) in [5.74, 6) is 2.87. The van der Waals surface area contributed by atoms with E-state index in [9.17, 15) is 0 Å². The van der Waals surface area contributed by atoms with Gasteiger partial charge in [0.05, 0.1) is 12.2 Å².